The second-order valence-electron chi connectivity index (χ2n) is 4.56. The van der Waals surface area contributed by atoms with Crippen molar-refractivity contribution in [1.29, 1.82) is 0 Å². The van der Waals surface area contributed by atoms with E-state index in [0.717, 1.165) is 32.7 Å². The van der Waals surface area contributed by atoms with Crippen molar-refractivity contribution >= 4 is 125 Å². The molecule has 11 heteroatoms. The van der Waals surface area contributed by atoms with Crippen molar-refractivity contribution in [2.75, 3.05) is 0 Å². The number of hydrogen-bond donors (Lipinski definition) is 0. The zero-order chi connectivity index (χ0) is 18.9. The first-order valence-corrected chi connectivity index (χ1v) is 15.3. The fourth-order valence-corrected chi connectivity index (χ4v) is 9.93. The SMILES string of the molecule is O=S(=O)(Sc1ccccc1C(Br)(Br)Br)Sc1ccccc1C(Br)(Br)Br. The van der Waals surface area contributed by atoms with E-state index in [9.17, 15) is 8.42 Å². The second kappa shape index (κ2) is 9.19. The van der Waals surface area contributed by atoms with E-state index in [4.69, 9.17) is 0 Å². The van der Waals surface area contributed by atoms with Crippen molar-refractivity contribution in [3.63, 3.8) is 0 Å². The summed E-state index contributed by atoms with van der Waals surface area (Å²) in [4.78, 5) is 1.25. The van der Waals surface area contributed by atoms with Crippen LogP contribution in [-0.2, 0) is 12.2 Å². The second-order valence-corrected chi connectivity index (χ2v) is 24.4. The van der Waals surface area contributed by atoms with Crippen LogP contribution in [0.2, 0.25) is 0 Å². The Morgan fingerprint density at radius 1 is 0.640 bits per heavy atom. The molecule has 0 aliphatic heterocycles. The van der Waals surface area contributed by atoms with Crippen LogP contribution in [0.1, 0.15) is 11.1 Å². The summed E-state index contributed by atoms with van der Waals surface area (Å²) < 4.78 is 24.1. The monoisotopic (exact) mass is 777 g/mol. The number of halogens is 6. The molecule has 2 aromatic rings. The molecule has 0 atom stereocenters. The van der Waals surface area contributed by atoms with Crippen LogP contribution in [0.25, 0.3) is 0 Å². The summed E-state index contributed by atoms with van der Waals surface area (Å²) in [6, 6.07) is 14.5. The van der Waals surface area contributed by atoms with E-state index in [1.165, 1.54) is 0 Å². The number of benzene rings is 2. The van der Waals surface area contributed by atoms with Crippen LogP contribution in [0.4, 0.5) is 0 Å². The lowest BCUT2D eigenvalue weighted by Gasteiger charge is -2.18. The van der Waals surface area contributed by atoms with Crippen molar-refractivity contribution in [2.24, 2.45) is 0 Å². The van der Waals surface area contributed by atoms with Crippen LogP contribution in [0.15, 0.2) is 58.3 Å². The molecule has 0 N–H and O–H groups in total. The molecule has 2 rings (SSSR count). The van der Waals surface area contributed by atoms with Gasteiger partial charge in [0.05, 0.1) is 0 Å². The van der Waals surface area contributed by atoms with Gasteiger partial charge in [-0.1, -0.05) is 132 Å². The highest BCUT2D eigenvalue weighted by molar-refractivity contribution is 9.39. The molecular weight excluding hydrogens is 776 g/mol. The molecule has 0 bridgehead atoms. The molecule has 0 radical (unpaired) electrons. The Balaban J connectivity index is 2.35. The highest BCUT2D eigenvalue weighted by atomic mass is 80.0. The summed E-state index contributed by atoms with van der Waals surface area (Å²) in [5.41, 5.74) is 1.54. The van der Waals surface area contributed by atoms with Crippen molar-refractivity contribution in [3.05, 3.63) is 59.7 Å². The lowest BCUT2D eigenvalue weighted by Crippen LogP contribution is -2.02. The first-order chi connectivity index (χ1) is 11.4. The van der Waals surface area contributed by atoms with Crippen molar-refractivity contribution in [3.8, 4) is 0 Å². The van der Waals surface area contributed by atoms with Gasteiger partial charge in [-0.05, 0) is 12.1 Å². The van der Waals surface area contributed by atoms with Gasteiger partial charge in [-0.25, -0.2) is 8.42 Å². The van der Waals surface area contributed by atoms with E-state index >= 15 is 0 Å². The lowest BCUT2D eigenvalue weighted by atomic mass is 10.2. The fourth-order valence-electron chi connectivity index (χ4n) is 1.78. The van der Waals surface area contributed by atoms with E-state index in [0.29, 0.717) is 9.79 Å². The fraction of sp³-hybridized carbons (Fsp3) is 0.143. The summed E-state index contributed by atoms with van der Waals surface area (Å²) in [5.74, 6) is 0. The normalized spacial score (nSPS) is 13.0. The van der Waals surface area contributed by atoms with E-state index in [2.05, 4.69) is 95.6 Å². The lowest BCUT2D eigenvalue weighted by molar-refractivity contribution is 0.623. The van der Waals surface area contributed by atoms with Crippen LogP contribution in [-0.4, -0.2) is 8.42 Å². The molecule has 0 amide bonds. The maximum atomic E-state index is 12.8. The Kier molecular flexibility index (Phi) is 8.55. The third-order valence-corrected chi connectivity index (χ3v) is 10.3. The number of hydrogen-bond acceptors (Lipinski definition) is 4. The average Bonchev–Trinajstić information content (AvgIpc) is 2.45. The molecule has 0 heterocycles. The van der Waals surface area contributed by atoms with Crippen LogP contribution >= 0.6 is 117 Å². The number of rotatable bonds is 4. The van der Waals surface area contributed by atoms with E-state index < -0.39 is 12.2 Å². The minimum Gasteiger partial charge on any atom is -0.205 e. The molecule has 0 saturated heterocycles. The van der Waals surface area contributed by atoms with E-state index in [1.54, 1.807) is 24.3 Å². The average molecular weight is 784 g/mol. The molecule has 136 valence electrons. The van der Waals surface area contributed by atoms with Crippen LogP contribution in [0.3, 0.4) is 0 Å². The molecule has 0 spiro atoms. The largest absolute Gasteiger partial charge is 0.262 e. The van der Waals surface area contributed by atoms with Gasteiger partial charge in [-0.3, -0.25) is 0 Å². The summed E-state index contributed by atoms with van der Waals surface area (Å²) in [5, 5.41) is 0. The zero-order valence-corrected chi connectivity index (χ0v) is 23.9. The first-order valence-electron chi connectivity index (χ1n) is 6.36. The molecule has 0 fully saturated rings. The summed E-state index contributed by atoms with van der Waals surface area (Å²) in [7, 11) is -1.92. The van der Waals surface area contributed by atoms with Crippen molar-refractivity contribution in [1.82, 2.24) is 0 Å². The summed E-state index contributed by atoms with van der Waals surface area (Å²) >= 11 is 20.7. The highest BCUT2D eigenvalue weighted by Crippen LogP contribution is 2.52. The standard InChI is InChI=1S/C14H8Br6O2S3/c15-13(16,17)9-5-1-3-7-11(9)23-25(21,22)24-12-8-4-2-6-10(12)14(18,19)20/h1-8H. The van der Waals surface area contributed by atoms with E-state index in [1.807, 2.05) is 24.3 Å². The van der Waals surface area contributed by atoms with Gasteiger partial charge in [0.15, 0.2) is 4.29 Å². The quantitative estimate of drug-likeness (QED) is 0.231. The van der Waals surface area contributed by atoms with Crippen LogP contribution in [0.5, 0.6) is 0 Å². The van der Waals surface area contributed by atoms with Crippen LogP contribution < -0.4 is 0 Å². The minimum atomic E-state index is -3.54. The molecule has 0 aromatic heterocycles. The molecule has 0 aliphatic carbocycles. The number of alkyl halides is 6. The maximum Gasteiger partial charge on any atom is 0.262 e. The predicted octanol–water partition coefficient (Wildman–Crippen LogP) is 8.41. The molecular formula is C14H8Br6O2S3. The molecule has 2 aromatic carbocycles. The van der Waals surface area contributed by atoms with Gasteiger partial charge in [0.25, 0.3) is 7.90 Å². The topological polar surface area (TPSA) is 34.1 Å². The molecule has 0 aliphatic rings. The van der Waals surface area contributed by atoms with Gasteiger partial charge in [0, 0.05) is 42.5 Å². The Hall–Kier alpha value is 1.97. The molecule has 25 heavy (non-hydrogen) atoms. The third kappa shape index (κ3) is 7.06. The summed E-state index contributed by atoms with van der Waals surface area (Å²) in [6.07, 6.45) is 0. The van der Waals surface area contributed by atoms with Crippen molar-refractivity contribution < 1.29 is 8.42 Å². The molecule has 0 unspecified atom stereocenters. The first kappa shape index (κ1) is 23.3. The van der Waals surface area contributed by atoms with Gasteiger partial charge < -0.3 is 0 Å². The Morgan fingerprint density at radius 3 is 1.28 bits per heavy atom. The maximum absolute atomic E-state index is 12.8. The Labute approximate surface area is 204 Å². The predicted molar refractivity (Wildman–Crippen MR) is 130 cm³/mol. The van der Waals surface area contributed by atoms with Crippen molar-refractivity contribution in [2.45, 2.75) is 14.1 Å². The van der Waals surface area contributed by atoms with Gasteiger partial charge in [0.2, 0.25) is 0 Å². The minimum absolute atomic E-state index is 0.626. The Morgan fingerprint density at radius 2 is 0.960 bits per heavy atom. The molecule has 0 saturated carbocycles. The van der Waals surface area contributed by atoms with Gasteiger partial charge in [0.1, 0.15) is 0 Å². The summed E-state index contributed by atoms with van der Waals surface area (Å²) in [6.45, 7) is 0. The van der Waals surface area contributed by atoms with Gasteiger partial charge >= 0.3 is 0 Å². The van der Waals surface area contributed by atoms with E-state index in [-0.39, 0.29) is 0 Å². The highest BCUT2D eigenvalue weighted by Gasteiger charge is 2.30. The van der Waals surface area contributed by atoms with Crippen LogP contribution in [0, 0.1) is 0 Å². The third-order valence-electron chi connectivity index (χ3n) is 2.77. The smallest absolute Gasteiger partial charge is 0.205 e. The molecule has 2 nitrogen and oxygen atoms in total. The van der Waals surface area contributed by atoms with Gasteiger partial charge in [-0.2, -0.15) is 0 Å². The van der Waals surface area contributed by atoms with Gasteiger partial charge in [-0.15, -0.1) is 0 Å². The zero-order valence-electron chi connectivity index (χ0n) is 11.9. The Bertz CT molecular complexity index is 794.